The summed E-state index contributed by atoms with van der Waals surface area (Å²) in [6.07, 6.45) is 0. The Morgan fingerprint density at radius 2 is 1.80 bits per heavy atom. The summed E-state index contributed by atoms with van der Waals surface area (Å²) >= 11 is 1.18. The third-order valence-electron chi connectivity index (χ3n) is 4.45. The van der Waals surface area contributed by atoms with Crippen LogP contribution in [0.5, 0.6) is 0 Å². The summed E-state index contributed by atoms with van der Waals surface area (Å²) in [6, 6.07) is -1.09. The molecule has 1 spiro atoms. The summed E-state index contributed by atoms with van der Waals surface area (Å²) in [5, 5.41) is 16.3. The van der Waals surface area contributed by atoms with Gasteiger partial charge in [-0.15, -0.1) is 16.9 Å². The standard InChI is InChI=1S/C14H15N3O7S/c1-13(2)7(8(18)19)17-11(22)14(12(17)25-13)5(9(20)23-3)6(15-16-14)10(21)24-4/h7,12H,1-4H3,(H,18,19)/t7-,12+,14+/m0/s1. The van der Waals surface area contributed by atoms with Gasteiger partial charge in [0.05, 0.1) is 14.2 Å². The third-order valence-corrected chi connectivity index (χ3v) is 6.07. The second-order valence-corrected chi connectivity index (χ2v) is 7.93. The number of β-lactam (4-membered cyclic amide) rings is 1. The molecule has 0 saturated carbocycles. The Morgan fingerprint density at radius 3 is 2.32 bits per heavy atom. The molecule has 134 valence electrons. The van der Waals surface area contributed by atoms with Crippen molar-refractivity contribution in [2.24, 2.45) is 10.2 Å². The van der Waals surface area contributed by atoms with E-state index in [4.69, 9.17) is 4.74 Å². The van der Waals surface area contributed by atoms with Crippen molar-refractivity contribution >= 4 is 35.6 Å². The summed E-state index contributed by atoms with van der Waals surface area (Å²) in [4.78, 5) is 49.8. The van der Waals surface area contributed by atoms with E-state index in [-0.39, 0.29) is 5.57 Å². The van der Waals surface area contributed by atoms with E-state index in [9.17, 15) is 24.3 Å². The van der Waals surface area contributed by atoms with E-state index < -0.39 is 51.2 Å². The van der Waals surface area contributed by atoms with Gasteiger partial charge in [0.15, 0.2) is 5.70 Å². The predicted octanol–water partition coefficient (Wildman–Crippen LogP) is -0.0620. The van der Waals surface area contributed by atoms with Crippen molar-refractivity contribution in [1.29, 1.82) is 0 Å². The minimum atomic E-state index is -1.76. The number of methoxy groups -OCH3 is 2. The van der Waals surface area contributed by atoms with E-state index in [0.29, 0.717) is 0 Å². The van der Waals surface area contributed by atoms with Crippen LogP contribution < -0.4 is 0 Å². The van der Waals surface area contributed by atoms with Crippen LogP contribution in [0.25, 0.3) is 0 Å². The van der Waals surface area contributed by atoms with Crippen molar-refractivity contribution in [3.8, 4) is 0 Å². The highest BCUT2D eigenvalue weighted by molar-refractivity contribution is 8.01. The highest BCUT2D eigenvalue weighted by Crippen LogP contribution is 2.60. The minimum Gasteiger partial charge on any atom is -0.480 e. The lowest BCUT2D eigenvalue weighted by molar-refractivity contribution is -0.164. The fourth-order valence-corrected chi connectivity index (χ4v) is 5.05. The summed E-state index contributed by atoms with van der Waals surface area (Å²) in [6.45, 7) is 3.37. The number of hydrogen-bond acceptors (Lipinski definition) is 9. The van der Waals surface area contributed by atoms with Crippen LogP contribution in [0.15, 0.2) is 21.5 Å². The van der Waals surface area contributed by atoms with Gasteiger partial charge >= 0.3 is 17.9 Å². The second kappa shape index (κ2) is 5.28. The number of thioether (sulfide) groups is 1. The van der Waals surface area contributed by atoms with Crippen LogP contribution in [0.2, 0.25) is 0 Å². The van der Waals surface area contributed by atoms with Gasteiger partial charge in [-0.3, -0.25) is 4.79 Å². The molecule has 0 aromatic rings. The van der Waals surface area contributed by atoms with E-state index in [1.165, 1.54) is 11.8 Å². The molecular formula is C14H15N3O7S. The van der Waals surface area contributed by atoms with Crippen LogP contribution in [0.4, 0.5) is 0 Å². The highest BCUT2D eigenvalue weighted by Gasteiger charge is 2.76. The molecule has 3 atom stereocenters. The maximum absolute atomic E-state index is 12.9. The summed E-state index contributed by atoms with van der Waals surface area (Å²) in [5.41, 5.74) is -2.48. The molecule has 25 heavy (non-hydrogen) atoms. The summed E-state index contributed by atoms with van der Waals surface area (Å²) in [7, 11) is 2.20. The summed E-state index contributed by atoms with van der Waals surface area (Å²) < 4.78 is 8.46. The van der Waals surface area contributed by atoms with Crippen molar-refractivity contribution in [3.05, 3.63) is 11.3 Å². The van der Waals surface area contributed by atoms with Crippen molar-refractivity contribution in [2.75, 3.05) is 14.2 Å². The smallest absolute Gasteiger partial charge is 0.359 e. The lowest BCUT2D eigenvalue weighted by Gasteiger charge is -2.48. The Morgan fingerprint density at radius 1 is 1.20 bits per heavy atom. The molecule has 3 aliphatic rings. The third kappa shape index (κ3) is 1.98. The van der Waals surface area contributed by atoms with Gasteiger partial charge in [0, 0.05) is 4.75 Å². The molecule has 1 amide bonds. The van der Waals surface area contributed by atoms with Gasteiger partial charge in [-0.05, 0) is 13.8 Å². The minimum absolute atomic E-state index is 0.317. The Labute approximate surface area is 146 Å². The number of aliphatic carboxylic acids is 1. The zero-order valence-corrected chi connectivity index (χ0v) is 14.6. The normalized spacial score (nSPS) is 31.8. The Balaban J connectivity index is 2.13. The average molecular weight is 369 g/mol. The predicted molar refractivity (Wildman–Crippen MR) is 82.4 cm³/mol. The number of azo groups is 1. The maximum Gasteiger partial charge on any atom is 0.359 e. The maximum atomic E-state index is 12.9. The molecule has 2 saturated heterocycles. The molecule has 3 rings (SSSR count). The Kier molecular flexibility index (Phi) is 3.67. The quantitative estimate of drug-likeness (QED) is 0.540. The molecule has 0 aromatic carbocycles. The Bertz CT molecular complexity index is 774. The van der Waals surface area contributed by atoms with Gasteiger partial charge in [-0.2, -0.15) is 5.11 Å². The fourth-order valence-electron chi connectivity index (χ4n) is 3.37. The molecule has 0 aromatic heterocycles. The van der Waals surface area contributed by atoms with Crippen molar-refractivity contribution < 1.29 is 33.8 Å². The first-order valence-corrected chi connectivity index (χ1v) is 8.09. The molecule has 0 radical (unpaired) electrons. The van der Waals surface area contributed by atoms with Crippen LogP contribution in [0, 0.1) is 0 Å². The molecule has 1 N–H and O–H groups in total. The van der Waals surface area contributed by atoms with E-state index in [1.807, 2.05) is 0 Å². The van der Waals surface area contributed by atoms with Gasteiger partial charge in [0.2, 0.25) is 5.54 Å². The highest BCUT2D eigenvalue weighted by atomic mass is 32.2. The van der Waals surface area contributed by atoms with Gasteiger partial charge in [0.1, 0.15) is 17.0 Å². The number of carbonyl (C=O) groups is 4. The number of ether oxygens (including phenoxy) is 2. The number of nitrogens with zero attached hydrogens (tertiary/aromatic N) is 3. The SMILES string of the molecule is COC(=O)C1=C(C(=O)OC)[C@@]2(N=N1)C(=O)N1[C@@H](C(=O)O)C(C)(C)S[C@@H]12. The van der Waals surface area contributed by atoms with E-state index in [0.717, 1.165) is 19.1 Å². The lowest BCUT2D eigenvalue weighted by Crippen LogP contribution is -2.73. The van der Waals surface area contributed by atoms with E-state index >= 15 is 0 Å². The zero-order valence-electron chi connectivity index (χ0n) is 13.8. The second-order valence-electron chi connectivity index (χ2n) is 6.20. The molecule has 3 aliphatic heterocycles. The number of carboxylic acid groups (broad SMARTS) is 1. The average Bonchev–Trinajstić information content (AvgIpc) is 3.08. The lowest BCUT2D eigenvalue weighted by atomic mass is 9.79. The van der Waals surface area contributed by atoms with Crippen LogP contribution in [-0.4, -0.2) is 69.7 Å². The monoisotopic (exact) mass is 369 g/mol. The van der Waals surface area contributed by atoms with Crippen LogP contribution in [0.3, 0.4) is 0 Å². The number of esters is 2. The molecule has 2 fully saturated rings. The van der Waals surface area contributed by atoms with Gasteiger partial charge in [-0.25, -0.2) is 14.4 Å². The first-order valence-electron chi connectivity index (χ1n) is 7.21. The van der Waals surface area contributed by atoms with Gasteiger partial charge < -0.3 is 19.5 Å². The molecule has 0 bridgehead atoms. The molecular weight excluding hydrogens is 354 g/mol. The summed E-state index contributed by atoms with van der Waals surface area (Å²) in [5.74, 6) is -3.72. The number of carboxylic acids is 1. The molecule has 11 heteroatoms. The number of amides is 1. The topological polar surface area (TPSA) is 135 Å². The molecule has 3 heterocycles. The number of fused-ring (bicyclic) bond motifs is 2. The number of rotatable bonds is 3. The van der Waals surface area contributed by atoms with Crippen molar-refractivity contribution in [1.82, 2.24) is 4.90 Å². The van der Waals surface area contributed by atoms with Gasteiger partial charge in [-0.1, -0.05) is 0 Å². The fraction of sp³-hybridized carbons (Fsp3) is 0.571. The largest absolute Gasteiger partial charge is 0.480 e. The molecule has 0 unspecified atom stereocenters. The zero-order chi connectivity index (χ0) is 18.7. The van der Waals surface area contributed by atoms with E-state index in [1.54, 1.807) is 13.8 Å². The molecule has 0 aliphatic carbocycles. The van der Waals surface area contributed by atoms with Gasteiger partial charge in [0.25, 0.3) is 5.91 Å². The Hall–Kier alpha value is -2.43. The first kappa shape index (κ1) is 17.4. The first-order chi connectivity index (χ1) is 11.6. The van der Waals surface area contributed by atoms with Crippen LogP contribution in [-0.2, 0) is 28.7 Å². The number of hydrogen-bond donors (Lipinski definition) is 1. The molecule has 10 nitrogen and oxygen atoms in total. The van der Waals surface area contributed by atoms with Crippen molar-refractivity contribution in [3.63, 3.8) is 0 Å². The van der Waals surface area contributed by atoms with Crippen LogP contribution in [0.1, 0.15) is 13.8 Å². The van der Waals surface area contributed by atoms with Crippen LogP contribution >= 0.6 is 11.8 Å². The van der Waals surface area contributed by atoms with Crippen molar-refractivity contribution in [2.45, 2.75) is 35.5 Å². The van der Waals surface area contributed by atoms with E-state index in [2.05, 4.69) is 15.0 Å². The number of carbonyl (C=O) groups excluding carboxylic acids is 3.